The third kappa shape index (κ3) is 3.80. The molecule has 1 saturated heterocycles. The van der Waals surface area contributed by atoms with Gasteiger partial charge in [-0.1, -0.05) is 28.1 Å². The van der Waals surface area contributed by atoms with E-state index in [1.165, 1.54) is 0 Å². The fourth-order valence-corrected chi connectivity index (χ4v) is 2.70. The van der Waals surface area contributed by atoms with Gasteiger partial charge >= 0.3 is 0 Å². The molecule has 0 spiro atoms. The number of carbonyl (C=O) groups is 2. The molecule has 20 heavy (non-hydrogen) atoms. The Hall–Kier alpha value is -1.40. The molecule has 1 aromatic rings. The van der Waals surface area contributed by atoms with Crippen LogP contribution in [0.15, 0.2) is 28.7 Å². The number of nitrogens with zero attached hydrogens (tertiary/aromatic N) is 1. The van der Waals surface area contributed by atoms with Crippen LogP contribution in [0.25, 0.3) is 0 Å². The number of hydrogen-bond acceptors (Lipinski definition) is 3. The summed E-state index contributed by atoms with van der Waals surface area (Å²) in [6.45, 7) is 1.95. The number of rotatable bonds is 4. The van der Waals surface area contributed by atoms with E-state index in [1.807, 2.05) is 24.3 Å². The second kappa shape index (κ2) is 6.85. The molecule has 1 unspecified atom stereocenters. The smallest absolute Gasteiger partial charge is 0.240 e. The van der Waals surface area contributed by atoms with Crippen molar-refractivity contribution in [2.45, 2.75) is 19.0 Å². The fourth-order valence-electron chi connectivity index (χ4n) is 2.25. The third-order valence-corrected chi connectivity index (χ3v) is 3.81. The quantitative estimate of drug-likeness (QED) is 0.856. The average Bonchev–Trinajstić information content (AvgIpc) is 2.43. The summed E-state index contributed by atoms with van der Waals surface area (Å²) in [5, 5.41) is 5.65. The van der Waals surface area contributed by atoms with Gasteiger partial charge in [-0.3, -0.25) is 9.59 Å². The summed E-state index contributed by atoms with van der Waals surface area (Å²) in [6, 6.07) is 7.48. The Kier molecular flexibility index (Phi) is 5.14. The number of carbonyl (C=O) groups excluding carboxylic acids is 2. The first kappa shape index (κ1) is 15.0. The van der Waals surface area contributed by atoms with Crippen LogP contribution in [0.3, 0.4) is 0 Å². The molecule has 1 aromatic carbocycles. The van der Waals surface area contributed by atoms with E-state index in [9.17, 15) is 9.59 Å². The van der Waals surface area contributed by atoms with E-state index in [-0.39, 0.29) is 18.2 Å². The zero-order chi connectivity index (χ0) is 14.5. The summed E-state index contributed by atoms with van der Waals surface area (Å²) in [6.07, 6.45) is 0.185. The summed E-state index contributed by atoms with van der Waals surface area (Å²) < 4.78 is 1.000. The summed E-state index contributed by atoms with van der Waals surface area (Å²) in [4.78, 5) is 25.5. The molecule has 5 nitrogen and oxygen atoms in total. The van der Waals surface area contributed by atoms with Gasteiger partial charge in [0.15, 0.2) is 0 Å². The summed E-state index contributed by atoms with van der Waals surface area (Å²) in [5.41, 5.74) is 1.08. The lowest BCUT2D eigenvalue weighted by Gasteiger charge is -2.33. The van der Waals surface area contributed by atoms with E-state index in [0.29, 0.717) is 19.6 Å². The van der Waals surface area contributed by atoms with Crippen LogP contribution in [-0.2, 0) is 16.1 Å². The van der Waals surface area contributed by atoms with E-state index >= 15 is 0 Å². The van der Waals surface area contributed by atoms with Crippen LogP contribution in [0.2, 0.25) is 0 Å². The van der Waals surface area contributed by atoms with Crippen LogP contribution in [0.1, 0.15) is 12.0 Å². The minimum absolute atomic E-state index is 0.0141. The predicted octanol–water partition coefficient (Wildman–Crippen LogP) is 0.886. The van der Waals surface area contributed by atoms with Crippen molar-refractivity contribution in [2.75, 3.05) is 20.1 Å². The maximum absolute atomic E-state index is 12.3. The number of hydrogen-bond donors (Lipinski definition) is 2. The topological polar surface area (TPSA) is 61.4 Å². The molecular weight excluding hydrogens is 322 g/mol. The number of halogens is 1. The molecule has 0 saturated carbocycles. The highest BCUT2D eigenvalue weighted by Crippen LogP contribution is 2.15. The van der Waals surface area contributed by atoms with Crippen LogP contribution < -0.4 is 10.6 Å². The van der Waals surface area contributed by atoms with E-state index in [2.05, 4.69) is 26.6 Å². The van der Waals surface area contributed by atoms with E-state index in [4.69, 9.17) is 0 Å². The molecule has 2 rings (SSSR count). The second-order valence-electron chi connectivity index (χ2n) is 4.77. The highest BCUT2D eigenvalue weighted by Gasteiger charge is 2.29. The molecule has 1 aliphatic rings. The Morgan fingerprint density at radius 1 is 1.55 bits per heavy atom. The summed E-state index contributed by atoms with van der Waals surface area (Å²) in [5.74, 6) is -0.139. The standard InChI is InChI=1S/C14H18BrN3O2/c1-16-13(19)8-12-14(20)18(6-5-17-12)9-10-3-2-4-11(15)7-10/h2-4,7,12,17H,5-6,8-9H2,1H3,(H,16,19). The summed E-state index contributed by atoms with van der Waals surface area (Å²) >= 11 is 3.43. The Bertz CT molecular complexity index is 507. The first-order valence-corrected chi connectivity index (χ1v) is 7.36. The monoisotopic (exact) mass is 339 g/mol. The van der Waals surface area contributed by atoms with Gasteiger partial charge in [0.25, 0.3) is 0 Å². The zero-order valence-electron chi connectivity index (χ0n) is 11.4. The molecule has 2 amide bonds. The van der Waals surface area contributed by atoms with Crippen molar-refractivity contribution in [3.8, 4) is 0 Å². The largest absolute Gasteiger partial charge is 0.359 e. The lowest BCUT2D eigenvalue weighted by atomic mass is 10.1. The van der Waals surface area contributed by atoms with Gasteiger partial charge in [-0.25, -0.2) is 0 Å². The summed E-state index contributed by atoms with van der Waals surface area (Å²) in [7, 11) is 1.58. The van der Waals surface area contributed by atoms with E-state index in [0.717, 1.165) is 10.0 Å². The number of piperazine rings is 1. The van der Waals surface area contributed by atoms with E-state index in [1.54, 1.807) is 11.9 Å². The van der Waals surface area contributed by atoms with Crippen molar-refractivity contribution < 1.29 is 9.59 Å². The lowest BCUT2D eigenvalue weighted by Crippen LogP contribution is -2.55. The molecule has 0 bridgehead atoms. The molecule has 1 aliphatic heterocycles. The Morgan fingerprint density at radius 3 is 3.05 bits per heavy atom. The lowest BCUT2D eigenvalue weighted by molar-refractivity contribution is -0.138. The molecule has 2 N–H and O–H groups in total. The average molecular weight is 340 g/mol. The van der Waals surface area contributed by atoms with Crippen LogP contribution >= 0.6 is 15.9 Å². The van der Waals surface area contributed by atoms with Crippen LogP contribution in [0.4, 0.5) is 0 Å². The Morgan fingerprint density at radius 2 is 2.35 bits per heavy atom. The van der Waals surface area contributed by atoms with Crippen molar-refractivity contribution in [1.29, 1.82) is 0 Å². The van der Waals surface area contributed by atoms with Crippen LogP contribution in [0.5, 0.6) is 0 Å². The van der Waals surface area contributed by atoms with Crippen molar-refractivity contribution in [2.24, 2.45) is 0 Å². The van der Waals surface area contributed by atoms with Crippen molar-refractivity contribution in [3.05, 3.63) is 34.3 Å². The highest BCUT2D eigenvalue weighted by molar-refractivity contribution is 9.10. The van der Waals surface area contributed by atoms with E-state index < -0.39 is 6.04 Å². The van der Waals surface area contributed by atoms with Crippen molar-refractivity contribution in [1.82, 2.24) is 15.5 Å². The van der Waals surface area contributed by atoms with Crippen molar-refractivity contribution >= 4 is 27.7 Å². The number of benzene rings is 1. The van der Waals surface area contributed by atoms with Gasteiger partial charge in [0, 0.05) is 31.2 Å². The van der Waals surface area contributed by atoms with Gasteiger partial charge in [0.2, 0.25) is 11.8 Å². The van der Waals surface area contributed by atoms with Gasteiger partial charge in [-0.15, -0.1) is 0 Å². The second-order valence-corrected chi connectivity index (χ2v) is 5.69. The molecule has 0 aliphatic carbocycles. The van der Waals surface area contributed by atoms with Gasteiger partial charge in [0.1, 0.15) is 0 Å². The first-order chi connectivity index (χ1) is 9.60. The maximum atomic E-state index is 12.3. The molecule has 1 fully saturated rings. The molecular formula is C14H18BrN3O2. The van der Waals surface area contributed by atoms with Crippen LogP contribution in [-0.4, -0.2) is 42.9 Å². The molecule has 1 atom stereocenters. The van der Waals surface area contributed by atoms with Gasteiger partial charge in [-0.05, 0) is 17.7 Å². The van der Waals surface area contributed by atoms with Gasteiger partial charge in [0.05, 0.1) is 12.5 Å². The van der Waals surface area contributed by atoms with Crippen molar-refractivity contribution in [3.63, 3.8) is 0 Å². The van der Waals surface area contributed by atoms with Gasteiger partial charge < -0.3 is 15.5 Å². The SMILES string of the molecule is CNC(=O)CC1NCCN(Cc2cccc(Br)c2)C1=O. The fraction of sp³-hybridized carbons (Fsp3) is 0.429. The molecule has 6 heteroatoms. The third-order valence-electron chi connectivity index (χ3n) is 3.31. The highest BCUT2D eigenvalue weighted by atomic mass is 79.9. The normalized spacial score (nSPS) is 19.0. The Labute approximate surface area is 126 Å². The first-order valence-electron chi connectivity index (χ1n) is 6.57. The Balaban J connectivity index is 2.01. The number of nitrogens with one attached hydrogen (secondary N) is 2. The van der Waals surface area contributed by atoms with Crippen LogP contribution in [0, 0.1) is 0 Å². The molecule has 108 valence electrons. The number of amides is 2. The zero-order valence-corrected chi connectivity index (χ0v) is 12.9. The minimum atomic E-state index is -0.421. The minimum Gasteiger partial charge on any atom is -0.359 e. The van der Waals surface area contributed by atoms with Gasteiger partial charge in [-0.2, -0.15) is 0 Å². The molecule has 0 aromatic heterocycles. The predicted molar refractivity (Wildman–Crippen MR) is 80.0 cm³/mol. The maximum Gasteiger partial charge on any atom is 0.240 e. The molecule has 1 heterocycles. The molecule has 0 radical (unpaired) electrons.